The van der Waals surface area contributed by atoms with E-state index >= 15 is 0 Å². The van der Waals surface area contributed by atoms with Crippen LogP contribution in [0.25, 0.3) is 0 Å². The first-order valence-electron chi connectivity index (χ1n) is 3.97. The molecule has 0 fully saturated rings. The van der Waals surface area contributed by atoms with Crippen LogP contribution in [-0.4, -0.2) is 21.3 Å². The lowest BCUT2D eigenvalue weighted by Crippen LogP contribution is -2.42. The van der Waals surface area contributed by atoms with E-state index in [0.29, 0.717) is 6.42 Å². The van der Waals surface area contributed by atoms with Crippen molar-refractivity contribution in [2.24, 2.45) is 0 Å². The third-order valence-corrected chi connectivity index (χ3v) is 1.32. The Balaban J connectivity index is 3.77. The van der Waals surface area contributed by atoms with Crippen molar-refractivity contribution in [2.45, 2.75) is 19.5 Å². The smallest absolute Gasteiger partial charge is 0.281 e. The van der Waals surface area contributed by atoms with Crippen molar-refractivity contribution in [3.63, 3.8) is 0 Å². The Hall–Kier alpha value is -1.76. The molecule has 0 aromatic heterocycles. The number of nitrogens with one attached hydrogen (secondary N) is 2. The third-order valence-electron chi connectivity index (χ3n) is 1.32. The molecule has 0 heterocycles. The van der Waals surface area contributed by atoms with E-state index in [9.17, 15) is 10.1 Å². The number of aliphatic hydroxyl groups is 2. The Bertz CT molecular complexity index is 235. The first-order valence-corrected chi connectivity index (χ1v) is 3.97. The van der Waals surface area contributed by atoms with E-state index in [1.807, 2.05) is 0 Å². The minimum Gasteiger partial charge on any atom is -0.481 e. The fourth-order valence-electron chi connectivity index (χ4n) is 0.630. The van der Waals surface area contributed by atoms with Gasteiger partial charge in [0.25, 0.3) is 12.1 Å². The summed E-state index contributed by atoms with van der Waals surface area (Å²) in [5.41, 5.74) is 4.85. The van der Waals surface area contributed by atoms with Crippen molar-refractivity contribution in [2.75, 3.05) is 0 Å². The van der Waals surface area contributed by atoms with Gasteiger partial charge in [-0.25, -0.2) is 0 Å². The van der Waals surface area contributed by atoms with Crippen molar-refractivity contribution in [3.8, 4) is 0 Å². The standard InChI is InChI=1S/C7H13N3O4/c1-2-6(10(13)14)9-8-5-3-4-7(11)12/h3-6,8-9,11-12H,2H2,1H3/b5-3+. The minimum absolute atomic E-state index is 0.342. The van der Waals surface area contributed by atoms with Gasteiger partial charge in [0, 0.05) is 23.6 Å². The highest BCUT2D eigenvalue weighted by Gasteiger charge is 2.14. The Morgan fingerprint density at radius 3 is 2.71 bits per heavy atom. The van der Waals surface area contributed by atoms with E-state index in [4.69, 9.17) is 10.2 Å². The van der Waals surface area contributed by atoms with Gasteiger partial charge < -0.3 is 15.6 Å². The van der Waals surface area contributed by atoms with Crippen LogP contribution in [0, 0.1) is 10.1 Å². The zero-order valence-corrected chi connectivity index (χ0v) is 7.67. The summed E-state index contributed by atoms with van der Waals surface area (Å²) in [6, 6.07) is 0. The van der Waals surface area contributed by atoms with E-state index in [1.54, 1.807) is 6.92 Å². The van der Waals surface area contributed by atoms with Crippen molar-refractivity contribution < 1.29 is 15.1 Å². The van der Waals surface area contributed by atoms with Gasteiger partial charge in [-0.2, -0.15) is 5.43 Å². The summed E-state index contributed by atoms with van der Waals surface area (Å²) in [5.74, 6) is -0.829. The van der Waals surface area contributed by atoms with Gasteiger partial charge in [0.2, 0.25) is 0 Å². The van der Waals surface area contributed by atoms with Gasteiger partial charge >= 0.3 is 0 Å². The zero-order chi connectivity index (χ0) is 11.0. The molecule has 0 aliphatic carbocycles. The van der Waals surface area contributed by atoms with E-state index in [-0.39, 0.29) is 0 Å². The van der Waals surface area contributed by atoms with Crippen LogP contribution in [0.4, 0.5) is 0 Å². The highest BCUT2D eigenvalue weighted by molar-refractivity contribution is 5.00. The van der Waals surface area contributed by atoms with Crippen molar-refractivity contribution >= 4 is 0 Å². The van der Waals surface area contributed by atoms with Crippen LogP contribution in [-0.2, 0) is 0 Å². The van der Waals surface area contributed by atoms with Gasteiger partial charge in [-0.3, -0.25) is 10.1 Å². The van der Waals surface area contributed by atoms with Crippen LogP contribution in [0.2, 0.25) is 0 Å². The summed E-state index contributed by atoms with van der Waals surface area (Å²) < 4.78 is 0. The van der Waals surface area contributed by atoms with E-state index in [1.165, 1.54) is 12.3 Å². The van der Waals surface area contributed by atoms with Crippen LogP contribution in [0.1, 0.15) is 13.3 Å². The second kappa shape index (κ2) is 6.72. The highest BCUT2D eigenvalue weighted by atomic mass is 16.6. The number of nitro groups is 1. The molecule has 0 aliphatic heterocycles. The Kier molecular flexibility index (Phi) is 5.88. The summed E-state index contributed by atoms with van der Waals surface area (Å²) >= 11 is 0. The molecule has 0 radical (unpaired) electrons. The number of hydrazine groups is 1. The first-order chi connectivity index (χ1) is 6.57. The van der Waals surface area contributed by atoms with Crippen LogP contribution >= 0.6 is 0 Å². The topological polar surface area (TPSA) is 108 Å². The van der Waals surface area contributed by atoms with Crippen molar-refractivity contribution in [3.05, 3.63) is 34.4 Å². The largest absolute Gasteiger partial charge is 0.481 e. The molecule has 1 atom stereocenters. The highest BCUT2D eigenvalue weighted by Crippen LogP contribution is 1.88. The molecule has 4 N–H and O–H groups in total. The fraction of sp³-hybridized carbons (Fsp3) is 0.429. The zero-order valence-electron chi connectivity index (χ0n) is 7.67. The average molecular weight is 203 g/mol. The molecule has 0 rings (SSSR count). The van der Waals surface area contributed by atoms with Crippen LogP contribution in [0.5, 0.6) is 0 Å². The van der Waals surface area contributed by atoms with Gasteiger partial charge in [0.05, 0.1) is 0 Å². The second-order valence-electron chi connectivity index (χ2n) is 2.38. The maximum absolute atomic E-state index is 10.3. The van der Waals surface area contributed by atoms with Gasteiger partial charge in [0.1, 0.15) is 0 Å². The second-order valence-corrected chi connectivity index (χ2v) is 2.38. The number of nitrogens with zero attached hydrogens (tertiary/aromatic N) is 1. The summed E-state index contributed by atoms with van der Waals surface area (Å²) in [5, 5.41) is 26.9. The summed E-state index contributed by atoms with van der Waals surface area (Å²) in [6.07, 6.45) is 3.08. The molecule has 0 bridgehead atoms. The number of hydrogen-bond acceptors (Lipinski definition) is 6. The molecule has 7 nitrogen and oxygen atoms in total. The molecule has 7 heteroatoms. The number of aliphatic hydroxyl groups excluding tert-OH is 1. The molecule has 0 saturated carbocycles. The predicted molar refractivity (Wildman–Crippen MR) is 49.8 cm³/mol. The van der Waals surface area contributed by atoms with E-state index < -0.39 is 17.0 Å². The molecule has 80 valence electrons. The predicted octanol–water partition coefficient (Wildman–Crippen LogP) is 0.565. The van der Waals surface area contributed by atoms with Crippen LogP contribution in [0.15, 0.2) is 24.3 Å². The number of allylic oxidation sites excluding steroid dienone is 2. The Morgan fingerprint density at radius 2 is 2.29 bits per heavy atom. The maximum Gasteiger partial charge on any atom is 0.281 e. The van der Waals surface area contributed by atoms with Crippen LogP contribution in [0.3, 0.4) is 0 Å². The van der Waals surface area contributed by atoms with Crippen LogP contribution < -0.4 is 10.9 Å². The minimum atomic E-state index is -0.869. The lowest BCUT2D eigenvalue weighted by Gasteiger charge is -2.07. The average Bonchev–Trinajstić information content (AvgIpc) is 2.10. The SMILES string of the molecule is CCC(NN/C=C/C=C(O)O)[N+](=O)[O-]. The molecule has 14 heavy (non-hydrogen) atoms. The maximum atomic E-state index is 10.3. The summed E-state index contributed by atoms with van der Waals surface area (Å²) in [4.78, 5) is 9.83. The molecule has 0 spiro atoms. The lowest BCUT2D eigenvalue weighted by atomic mass is 10.4. The Morgan fingerprint density at radius 1 is 1.64 bits per heavy atom. The lowest BCUT2D eigenvalue weighted by molar-refractivity contribution is -0.531. The van der Waals surface area contributed by atoms with Crippen molar-refractivity contribution in [1.82, 2.24) is 10.9 Å². The van der Waals surface area contributed by atoms with Gasteiger partial charge in [0.15, 0.2) is 0 Å². The number of hydrogen-bond donors (Lipinski definition) is 4. The first kappa shape index (κ1) is 12.2. The quantitative estimate of drug-likeness (QED) is 0.165. The van der Waals surface area contributed by atoms with Gasteiger partial charge in [-0.1, -0.05) is 6.92 Å². The Labute approximate surface area is 80.9 Å². The molecule has 0 aromatic carbocycles. The molecule has 1 unspecified atom stereocenters. The van der Waals surface area contributed by atoms with Crippen molar-refractivity contribution in [1.29, 1.82) is 0 Å². The third kappa shape index (κ3) is 5.84. The van der Waals surface area contributed by atoms with Gasteiger partial charge in [-0.15, -0.1) is 0 Å². The fourth-order valence-corrected chi connectivity index (χ4v) is 0.630. The molecule has 0 aliphatic rings. The molecular weight excluding hydrogens is 190 g/mol. The molecule has 0 aromatic rings. The molecule has 0 amide bonds. The monoisotopic (exact) mass is 203 g/mol. The van der Waals surface area contributed by atoms with Gasteiger partial charge in [-0.05, 0) is 6.08 Å². The van der Waals surface area contributed by atoms with E-state index in [0.717, 1.165) is 6.08 Å². The summed E-state index contributed by atoms with van der Waals surface area (Å²) in [6.45, 7) is 1.67. The van der Waals surface area contributed by atoms with E-state index in [2.05, 4.69) is 10.9 Å². The summed E-state index contributed by atoms with van der Waals surface area (Å²) in [7, 11) is 0. The normalized spacial score (nSPS) is 12.4. The molecular formula is C7H13N3O4. The molecule has 0 saturated heterocycles. The number of rotatable bonds is 6.